The summed E-state index contributed by atoms with van der Waals surface area (Å²) < 4.78 is 0. The minimum absolute atomic E-state index is 0.0931. The second kappa shape index (κ2) is 7.25. The highest BCUT2D eigenvalue weighted by molar-refractivity contribution is 7.99. The number of rotatable bonds is 4. The molecule has 3 rings (SSSR count). The number of nitrogens with zero attached hydrogens (tertiary/aromatic N) is 1. The van der Waals surface area contributed by atoms with Crippen molar-refractivity contribution in [1.29, 1.82) is 0 Å². The van der Waals surface area contributed by atoms with Crippen LogP contribution in [0.15, 0.2) is 24.3 Å². The van der Waals surface area contributed by atoms with Gasteiger partial charge in [-0.05, 0) is 31.0 Å². The highest BCUT2D eigenvalue weighted by atomic mass is 32.2. The normalized spacial score (nSPS) is 20.4. The topological polar surface area (TPSA) is 78.5 Å². The van der Waals surface area contributed by atoms with E-state index in [4.69, 9.17) is 0 Å². The van der Waals surface area contributed by atoms with Gasteiger partial charge in [-0.2, -0.15) is 0 Å². The van der Waals surface area contributed by atoms with Crippen LogP contribution in [0.2, 0.25) is 0 Å². The summed E-state index contributed by atoms with van der Waals surface area (Å²) in [5, 5.41) is 5.39. The Morgan fingerprint density at radius 2 is 2.04 bits per heavy atom. The second-order valence-electron chi connectivity index (χ2n) is 6.10. The van der Waals surface area contributed by atoms with Crippen LogP contribution >= 0.6 is 11.8 Å². The van der Waals surface area contributed by atoms with Crippen LogP contribution < -0.4 is 10.6 Å². The molecule has 2 N–H and O–H groups in total. The predicted molar refractivity (Wildman–Crippen MR) is 93.8 cm³/mol. The molecule has 1 aromatic rings. The predicted octanol–water partition coefficient (Wildman–Crippen LogP) is 1.69. The third-order valence-electron chi connectivity index (χ3n) is 4.54. The van der Waals surface area contributed by atoms with Crippen LogP contribution in [0.5, 0.6) is 0 Å². The molecule has 1 aromatic carbocycles. The van der Waals surface area contributed by atoms with Crippen molar-refractivity contribution in [2.24, 2.45) is 5.92 Å². The summed E-state index contributed by atoms with van der Waals surface area (Å²) in [6.45, 7) is 0. The fraction of sp³-hybridized carbons (Fsp3) is 0.471. The largest absolute Gasteiger partial charge is 0.355 e. The average molecular weight is 347 g/mol. The van der Waals surface area contributed by atoms with Gasteiger partial charge in [0.25, 0.3) is 5.91 Å². The van der Waals surface area contributed by atoms with Crippen molar-refractivity contribution < 1.29 is 14.4 Å². The minimum atomic E-state index is -0.438. The van der Waals surface area contributed by atoms with Crippen molar-refractivity contribution in [3.63, 3.8) is 0 Å². The van der Waals surface area contributed by atoms with Crippen LogP contribution in [-0.4, -0.2) is 47.3 Å². The third kappa shape index (κ3) is 3.40. The first-order chi connectivity index (χ1) is 11.6. The fourth-order valence-corrected chi connectivity index (χ4v) is 4.04. The molecule has 0 bridgehead atoms. The van der Waals surface area contributed by atoms with Gasteiger partial charge in [0.2, 0.25) is 11.8 Å². The summed E-state index contributed by atoms with van der Waals surface area (Å²) >= 11 is 1.60. The zero-order valence-electron chi connectivity index (χ0n) is 13.6. The molecule has 0 aromatic heterocycles. The first kappa shape index (κ1) is 16.8. The van der Waals surface area contributed by atoms with E-state index in [0.29, 0.717) is 22.9 Å². The van der Waals surface area contributed by atoms with E-state index in [9.17, 15) is 14.4 Å². The molecule has 2 fully saturated rings. The highest BCUT2D eigenvalue weighted by Crippen LogP contribution is 2.32. The van der Waals surface area contributed by atoms with E-state index < -0.39 is 6.04 Å². The fourth-order valence-electron chi connectivity index (χ4n) is 2.87. The van der Waals surface area contributed by atoms with Gasteiger partial charge in [0.15, 0.2) is 0 Å². The van der Waals surface area contributed by atoms with Crippen LogP contribution in [0, 0.1) is 5.92 Å². The van der Waals surface area contributed by atoms with Crippen LogP contribution in [0.3, 0.4) is 0 Å². The van der Waals surface area contributed by atoms with E-state index in [2.05, 4.69) is 10.6 Å². The van der Waals surface area contributed by atoms with Gasteiger partial charge >= 0.3 is 0 Å². The molecule has 3 amide bonds. The molecule has 1 saturated heterocycles. The van der Waals surface area contributed by atoms with Crippen molar-refractivity contribution in [2.75, 3.05) is 24.0 Å². The maximum Gasteiger partial charge on any atom is 0.251 e. The molecular formula is C17H21N3O3S. The van der Waals surface area contributed by atoms with Gasteiger partial charge in [0, 0.05) is 30.0 Å². The summed E-state index contributed by atoms with van der Waals surface area (Å²) in [4.78, 5) is 38.4. The molecule has 1 aliphatic heterocycles. The zero-order chi connectivity index (χ0) is 17.1. The maximum atomic E-state index is 12.6. The Labute approximate surface area is 145 Å². The Kier molecular flexibility index (Phi) is 5.08. The summed E-state index contributed by atoms with van der Waals surface area (Å²) in [6.07, 6.45) is 2.96. The summed E-state index contributed by atoms with van der Waals surface area (Å²) in [6, 6.07) is 6.35. The lowest BCUT2D eigenvalue weighted by atomic mass is 9.84. The van der Waals surface area contributed by atoms with Crippen LogP contribution in [-0.2, 0) is 9.59 Å². The quantitative estimate of drug-likeness (QED) is 0.869. The highest BCUT2D eigenvalue weighted by Gasteiger charge is 2.39. The summed E-state index contributed by atoms with van der Waals surface area (Å²) in [7, 11) is 1.56. The van der Waals surface area contributed by atoms with Crippen molar-refractivity contribution in [3.05, 3.63) is 29.8 Å². The van der Waals surface area contributed by atoms with E-state index in [1.165, 1.54) is 0 Å². The number of carbonyl (C=O) groups is 3. The smallest absolute Gasteiger partial charge is 0.251 e. The van der Waals surface area contributed by atoms with Crippen LogP contribution in [0.4, 0.5) is 5.69 Å². The lowest BCUT2D eigenvalue weighted by Gasteiger charge is -2.31. The molecule has 24 heavy (non-hydrogen) atoms. The number of hydrogen-bond donors (Lipinski definition) is 2. The number of hydrogen-bond acceptors (Lipinski definition) is 4. The molecule has 1 unspecified atom stereocenters. The number of benzene rings is 1. The SMILES string of the molecule is CNC(=O)c1cccc(NC(=O)C2CSCN2C(=O)C2CCC2)c1. The second-order valence-corrected chi connectivity index (χ2v) is 7.10. The Balaban J connectivity index is 1.67. The first-order valence-electron chi connectivity index (χ1n) is 8.11. The molecule has 1 heterocycles. The van der Waals surface area contributed by atoms with Crippen molar-refractivity contribution in [1.82, 2.24) is 10.2 Å². The molecular weight excluding hydrogens is 326 g/mol. The maximum absolute atomic E-state index is 12.6. The standard InChI is InChI=1S/C17H21N3O3S/c1-18-15(21)12-6-3-7-13(8-12)19-16(22)14-9-24-10-20(14)17(23)11-4-2-5-11/h3,6-8,11,14H,2,4-5,9-10H2,1H3,(H,18,21)(H,19,22). The molecule has 6 nitrogen and oxygen atoms in total. The zero-order valence-corrected chi connectivity index (χ0v) is 14.4. The molecule has 1 saturated carbocycles. The monoisotopic (exact) mass is 347 g/mol. The molecule has 7 heteroatoms. The molecule has 1 atom stereocenters. The van der Waals surface area contributed by atoms with Gasteiger partial charge in [0.1, 0.15) is 6.04 Å². The Hall–Kier alpha value is -2.02. The van der Waals surface area contributed by atoms with Crippen molar-refractivity contribution in [2.45, 2.75) is 25.3 Å². The minimum Gasteiger partial charge on any atom is -0.355 e. The van der Waals surface area contributed by atoms with Crippen molar-refractivity contribution >= 4 is 35.2 Å². The lowest BCUT2D eigenvalue weighted by molar-refractivity contribution is -0.141. The van der Waals surface area contributed by atoms with E-state index in [1.54, 1.807) is 48.0 Å². The molecule has 2 aliphatic rings. The number of amides is 3. The van der Waals surface area contributed by atoms with Crippen LogP contribution in [0.1, 0.15) is 29.6 Å². The Morgan fingerprint density at radius 1 is 1.25 bits per heavy atom. The Bertz CT molecular complexity index is 660. The number of carbonyl (C=O) groups excluding carboxylic acids is 3. The van der Waals surface area contributed by atoms with Gasteiger partial charge in [0.05, 0.1) is 5.88 Å². The van der Waals surface area contributed by atoms with Gasteiger partial charge < -0.3 is 15.5 Å². The van der Waals surface area contributed by atoms with Gasteiger partial charge in [-0.3, -0.25) is 14.4 Å². The summed E-state index contributed by atoms with van der Waals surface area (Å²) in [5.74, 6) is 0.984. The average Bonchev–Trinajstić information content (AvgIpc) is 3.02. The van der Waals surface area contributed by atoms with Crippen LogP contribution in [0.25, 0.3) is 0 Å². The molecule has 128 valence electrons. The van der Waals surface area contributed by atoms with E-state index in [-0.39, 0.29) is 23.6 Å². The van der Waals surface area contributed by atoms with Gasteiger partial charge in [-0.15, -0.1) is 11.8 Å². The summed E-state index contributed by atoms with van der Waals surface area (Å²) in [5.41, 5.74) is 1.05. The van der Waals surface area contributed by atoms with Gasteiger partial charge in [-0.25, -0.2) is 0 Å². The molecule has 0 radical (unpaired) electrons. The molecule has 0 spiro atoms. The number of thioether (sulfide) groups is 1. The molecule has 1 aliphatic carbocycles. The Morgan fingerprint density at radius 3 is 2.71 bits per heavy atom. The number of anilines is 1. The van der Waals surface area contributed by atoms with Gasteiger partial charge in [-0.1, -0.05) is 12.5 Å². The van der Waals surface area contributed by atoms with E-state index >= 15 is 0 Å². The lowest BCUT2D eigenvalue weighted by Crippen LogP contribution is -2.47. The van der Waals surface area contributed by atoms with E-state index in [0.717, 1.165) is 19.3 Å². The number of nitrogens with one attached hydrogen (secondary N) is 2. The third-order valence-corrected chi connectivity index (χ3v) is 5.55. The van der Waals surface area contributed by atoms with E-state index in [1.807, 2.05) is 0 Å². The first-order valence-corrected chi connectivity index (χ1v) is 9.27. The van der Waals surface area contributed by atoms with Crippen molar-refractivity contribution in [3.8, 4) is 0 Å².